The van der Waals surface area contributed by atoms with E-state index in [4.69, 9.17) is 16.3 Å². The zero-order valence-corrected chi connectivity index (χ0v) is 14.8. The summed E-state index contributed by atoms with van der Waals surface area (Å²) in [6.45, 7) is 3.32. The van der Waals surface area contributed by atoms with Crippen LogP contribution in [0.1, 0.15) is 30.4 Å². The van der Waals surface area contributed by atoms with E-state index in [0.29, 0.717) is 31.0 Å². The van der Waals surface area contributed by atoms with Crippen LogP contribution in [0.3, 0.4) is 0 Å². The molecule has 0 aromatic heterocycles. The molecule has 4 heteroatoms. The van der Waals surface area contributed by atoms with Crippen molar-refractivity contribution in [3.05, 3.63) is 64.7 Å². The van der Waals surface area contributed by atoms with Gasteiger partial charge < -0.3 is 10.1 Å². The van der Waals surface area contributed by atoms with E-state index in [0.717, 1.165) is 18.6 Å². The Hall–Kier alpha value is -2.00. The van der Waals surface area contributed by atoms with Crippen LogP contribution in [0.15, 0.2) is 48.5 Å². The van der Waals surface area contributed by atoms with Gasteiger partial charge in [0.05, 0.1) is 6.61 Å². The number of aryl methyl sites for hydroxylation is 2. The van der Waals surface area contributed by atoms with Gasteiger partial charge >= 0.3 is 0 Å². The third kappa shape index (κ3) is 7.05. The van der Waals surface area contributed by atoms with E-state index in [-0.39, 0.29) is 5.91 Å². The van der Waals surface area contributed by atoms with Crippen LogP contribution in [-0.4, -0.2) is 19.1 Å². The predicted octanol–water partition coefficient (Wildman–Crippen LogP) is 4.56. The Morgan fingerprint density at radius 2 is 1.75 bits per heavy atom. The molecule has 3 nitrogen and oxygen atoms in total. The number of amides is 1. The van der Waals surface area contributed by atoms with E-state index in [1.54, 1.807) is 12.1 Å². The molecule has 128 valence electrons. The van der Waals surface area contributed by atoms with E-state index < -0.39 is 0 Å². The first kappa shape index (κ1) is 18.3. The molecule has 0 fully saturated rings. The highest BCUT2D eigenvalue weighted by molar-refractivity contribution is 6.30. The van der Waals surface area contributed by atoms with Crippen molar-refractivity contribution in [2.45, 2.75) is 32.6 Å². The summed E-state index contributed by atoms with van der Waals surface area (Å²) in [4.78, 5) is 11.8. The number of hydrogen-bond donors (Lipinski definition) is 1. The number of hydrogen-bond acceptors (Lipinski definition) is 2. The Labute approximate surface area is 149 Å². The van der Waals surface area contributed by atoms with E-state index in [9.17, 15) is 4.79 Å². The minimum atomic E-state index is 0.0820. The number of rotatable bonds is 9. The highest BCUT2D eigenvalue weighted by Crippen LogP contribution is 2.15. The summed E-state index contributed by atoms with van der Waals surface area (Å²) in [5, 5.41) is 3.65. The molecule has 2 aromatic rings. The molecule has 2 rings (SSSR count). The van der Waals surface area contributed by atoms with E-state index in [2.05, 4.69) is 36.5 Å². The molecule has 1 N–H and O–H groups in total. The van der Waals surface area contributed by atoms with Crippen LogP contribution in [0.5, 0.6) is 5.75 Å². The SMILES string of the molecule is Cc1ccc(CCCNC(=O)CCCOc2ccc(Cl)cc2)cc1. The van der Waals surface area contributed by atoms with Crippen molar-refractivity contribution in [2.75, 3.05) is 13.2 Å². The van der Waals surface area contributed by atoms with Gasteiger partial charge in [-0.3, -0.25) is 4.79 Å². The van der Waals surface area contributed by atoms with Gasteiger partial charge in [0, 0.05) is 18.0 Å². The summed E-state index contributed by atoms with van der Waals surface area (Å²) >= 11 is 5.81. The number of halogens is 1. The largest absolute Gasteiger partial charge is 0.494 e. The minimum Gasteiger partial charge on any atom is -0.494 e. The van der Waals surface area contributed by atoms with Crippen molar-refractivity contribution < 1.29 is 9.53 Å². The Bertz CT molecular complexity index is 568. The zero-order chi connectivity index (χ0) is 17.2. The van der Waals surface area contributed by atoms with Gasteiger partial charge in [-0.1, -0.05) is 41.4 Å². The first-order valence-corrected chi connectivity index (χ1v) is 8.72. The fourth-order valence-corrected chi connectivity index (χ4v) is 2.44. The van der Waals surface area contributed by atoms with Crippen LogP contribution in [0.2, 0.25) is 5.02 Å². The molecule has 1 amide bonds. The summed E-state index contributed by atoms with van der Waals surface area (Å²) in [5.74, 6) is 0.858. The van der Waals surface area contributed by atoms with Crippen LogP contribution < -0.4 is 10.1 Å². The second-order valence-corrected chi connectivity index (χ2v) is 6.28. The van der Waals surface area contributed by atoms with Crippen molar-refractivity contribution in [3.63, 3.8) is 0 Å². The molecular weight excluding hydrogens is 322 g/mol. The Morgan fingerprint density at radius 1 is 1.04 bits per heavy atom. The number of ether oxygens (including phenoxy) is 1. The van der Waals surface area contributed by atoms with Gasteiger partial charge in [0.2, 0.25) is 5.91 Å². The van der Waals surface area contributed by atoms with Gasteiger partial charge in [-0.05, 0) is 56.0 Å². The Morgan fingerprint density at radius 3 is 2.46 bits per heavy atom. The van der Waals surface area contributed by atoms with Gasteiger partial charge in [-0.2, -0.15) is 0 Å². The van der Waals surface area contributed by atoms with Crippen molar-refractivity contribution in [1.82, 2.24) is 5.32 Å². The number of carbonyl (C=O) groups is 1. The summed E-state index contributed by atoms with van der Waals surface area (Å²) in [7, 11) is 0. The van der Waals surface area contributed by atoms with E-state index in [1.807, 2.05) is 12.1 Å². The highest BCUT2D eigenvalue weighted by Gasteiger charge is 2.01. The maximum absolute atomic E-state index is 11.8. The van der Waals surface area contributed by atoms with Crippen molar-refractivity contribution in [1.29, 1.82) is 0 Å². The van der Waals surface area contributed by atoms with E-state index >= 15 is 0 Å². The summed E-state index contributed by atoms with van der Waals surface area (Å²) in [6, 6.07) is 15.8. The van der Waals surface area contributed by atoms with Gasteiger partial charge in [0.25, 0.3) is 0 Å². The third-order valence-corrected chi connectivity index (χ3v) is 3.97. The summed E-state index contributed by atoms with van der Waals surface area (Å²) < 4.78 is 5.57. The standard InChI is InChI=1S/C20H24ClNO2/c1-16-6-8-17(9-7-16)4-2-14-22-20(23)5-3-15-24-19-12-10-18(21)11-13-19/h6-13H,2-5,14-15H2,1H3,(H,22,23). The van der Waals surface area contributed by atoms with Crippen LogP contribution in [0.4, 0.5) is 0 Å². The zero-order valence-electron chi connectivity index (χ0n) is 14.1. The molecule has 0 aliphatic rings. The molecule has 0 unspecified atom stereocenters. The van der Waals surface area contributed by atoms with E-state index in [1.165, 1.54) is 11.1 Å². The Kier molecular flexibility index (Phi) is 7.63. The maximum Gasteiger partial charge on any atom is 0.220 e. The molecule has 0 saturated heterocycles. The molecule has 0 atom stereocenters. The number of nitrogens with one attached hydrogen (secondary N) is 1. The maximum atomic E-state index is 11.8. The van der Waals surface area contributed by atoms with Crippen molar-refractivity contribution in [3.8, 4) is 5.75 Å². The normalized spacial score (nSPS) is 10.4. The monoisotopic (exact) mass is 345 g/mol. The summed E-state index contributed by atoms with van der Waals surface area (Å²) in [5.41, 5.74) is 2.58. The fourth-order valence-electron chi connectivity index (χ4n) is 2.32. The van der Waals surface area contributed by atoms with Gasteiger partial charge in [0.1, 0.15) is 5.75 Å². The molecule has 0 heterocycles. The van der Waals surface area contributed by atoms with Crippen molar-refractivity contribution >= 4 is 17.5 Å². The van der Waals surface area contributed by atoms with Crippen molar-refractivity contribution in [2.24, 2.45) is 0 Å². The molecule has 0 saturated carbocycles. The quantitative estimate of drug-likeness (QED) is 0.677. The fraction of sp³-hybridized carbons (Fsp3) is 0.350. The van der Waals surface area contributed by atoms with Gasteiger partial charge in [0.15, 0.2) is 0 Å². The predicted molar refractivity (Wildman–Crippen MR) is 98.7 cm³/mol. The topological polar surface area (TPSA) is 38.3 Å². The summed E-state index contributed by atoms with van der Waals surface area (Å²) in [6.07, 6.45) is 3.13. The van der Waals surface area contributed by atoms with Crippen LogP contribution in [0, 0.1) is 6.92 Å². The second kappa shape index (κ2) is 9.99. The molecule has 2 aromatic carbocycles. The lowest BCUT2D eigenvalue weighted by Gasteiger charge is -2.07. The van der Waals surface area contributed by atoms with Crippen LogP contribution in [0.25, 0.3) is 0 Å². The molecule has 0 spiro atoms. The first-order chi connectivity index (χ1) is 11.6. The average molecular weight is 346 g/mol. The average Bonchev–Trinajstić information content (AvgIpc) is 2.59. The second-order valence-electron chi connectivity index (χ2n) is 5.85. The third-order valence-electron chi connectivity index (χ3n) is 3.72. The lowest BCUT2D eigenvalue weighted by molar-refractivity contribution is -0.121. The lowest BCUT2D eigenvalue weighted by Crippen LogP contribution is -2.24. The molecule has 24 heavy (non-hydrogen) atoms. The minimum absolute atomic E-state index is 0.0820. The number of carbonyl (C=O) groups excluding carboxylic acids is 1. The van der Waals surface area contributed by atoms with Crippen LogP contribution >= 0.6 is 11.6 Å². The first-order valence-electron chi connectivity index (χ1n) is 8.34. The smallest absolute Gasteiger partial charge is 0.220 e. The molecule has 0 radical (unpaired) electrons. The van der Waals surface area contributed by atoms with Gasteiger partial charge in [-0.15, -0.1) is 0 Å². The van der Waals surface area contributed by atoms with Gasteiger partial charge in [-0.25, -0.2) is 0 Å². The molecule has 0 bridgehead atoms. The number of benzene rings is 2. The van der Waals surface area contributed by atoms with Crippen LogP contribution in [-0.2, 0) is 11.2 Å². The molecule has 0 aliphatic heterocycles. The molecule has 0 aliphatic carbocycles. The highest BCUT2D eigenvalue weighted by atomic mass is 35.5. The lowest BCUT2D eigenvalue weighted by atomic mass is 10.1. The Balaban J connectivity index is 1.52. The molecular formula is C20H24ClNO2.